The zero-order valence-corrected chi connectivity index (χ0v) is 32.1. The lowest BCUT2D eigenvalue weighted by Crippen LogP contribution is -2.16. The van der Waals surface area contributed by atoms with E-state index in [2.05, 4.69) is 24.3 Å². The third kappa shape index (κ3) is 6.53. The van der Waals surface area contributed by atoms with Gasteiger partial charge >= 0.3 is 10.1 Å². The Hall–Kier alpha value is -5.80. The third-order valence-corrected chi connectivity index (χ3v) is 13.3. The van der Waals surface area contributed by atoms with Crippen LogP contribution in [0.4, 0.5) is 0 Å². The summed E-state index contributed by atoms with van der Waals surface area (Å²) in [5.41, 5.74) is 4.97. The minimum Gasteiger partial charge on any atom is -0.744 e. The van der Waals surface area contributed by atoms with Gasteiger partial charge in [-0.15, -0.1) is 0 Å². The highest BCUT2D eigenvalue weighted by Crippen LogP contribution is 2.46. The Morgan fingerprint density at radius 3 is 1.41 bits per heavy atom. The monoisotopic (exact) mass is 773 g/mol. The van der Waals surface area contributed by atoms with Crippen LogP contribution in [0.1, 0.15) is 36.8 Å². The van der Waals surface area contributed by atoms with Gasteiger partial charge in [0.15, 0.2) is 0 Å². The molecular formula is C48H37O6S2-. The van der Waals surface area contributed by atoms with E-state index < -0.39 is 20.2 Å². The fraction of sp³-hybridized carbons (Fsp3) is 0.125. The predicted octanol–water partition coefficient (Wildman–Crippen LogP) is 11.5. The number of hydrogen-bond acceptors (Lipinski definition) is 6. The van der Waals surface area contributed by atoms with Gasteiger partial charge in [0.25, 0.3) is 0 Å². The van der Waals surface area contributed by atoms with Gasteiger partial charge in [0.1, 0.15) is 20.8 Å². The number of fused-ring (bicyclic) bond motifs is 4. The zero-order valence-electron chi connectivity index (χ0n) is 30.4. The second-order valence-electron chi connectivity index (χ2n) is 14.4. The predicted molar refractivity (Wildman–Crippen MR) is 223 cm³/mol. The molecule has 0 aromatic heterocycles. The standard InChI is InChI=1S/C48H38O6S2/c49-55(50,51)47-29-28-46(42-23-3-1-2-4-24-43(42)47)54-56(52,53)48-44(40-26-12-18-33-15-6-9-21-37(33)40)30-35(39-25-11-17-32-14-5-8-20-36(32)39)31-45(48)41-27-13-19-34-16-7-10-22-38(34)41/h5-22,25-31H,1-4,23-24H2,(H,49,50,51)/p-1. The van der Waals surface area contributed by atoms with Gasteiger partial charge in [0.2, 0.25) is 0 Å². The van der Waals surface area contributed by atoms with Gasteiger partial charge in [-0.1, -0.05) is 140 Å². The molecule has 8 aromatic rings. The van der Waals surface area contributed by atoms with E-state index in [1.54, 1.807) is 0 Å². The molecule has 1 aliphatic rings. The van der Waals surface area contributed by atoms with Gasteiger partial charge in [0, 0.05) is 16.7 Å². The second kappa shape index (κ2) is 14.4. The van der Waals surface area contributed by atoms with Crippen LogP contribution in [0.5, 0.6) is 5.75 Å². The van der Waals surface area contributed by atoms with Crippen LogP contribution in [0.2, 0.25) is 0 Å². The van der Waals surface area contributed by atoms with Gasteiger partial charge in [-0.3, -0.25) is 0 Å². The van der Waals surface area contributed by atoms with E-state index in [9.17, 15) is 13.0 Å². The first-order chi connectivity index (χ1) is 27.2. The molecule has 278 valence electrons. The normalized spacial score (nSPS) is 13.7. The fourth-order valence-corrected chi connectivity index (χ4v) is 10.6. The Morgan fingerprint density at radius 2 is 0.893 bits per heavy atom. The third-order valence-electron chi connectivity index (χ3n) is 11.0. The molecule has 56 heavy (non-hydrogen) atoms. The van der Waals surface area contributed by atoms with Crippen molar-refractivity contribution in [2.45, 2.75) is 48.3 Å². The SMILES string of the molecule is O=S(=O)([O-])c1ccc(OS(=O)(=O)c2c(-c3cccc4ccccc34)cc(-c3cccc4ccccc34)cc2-c2cccc3ccccc23)c2c1CCCCCC2. The Labute approximate surface area is 326 Å². The van der Waals surface area contributed by atoms with Crippen LogP contribution >= 0.6 is 0 Å². The summed E-state index contributed by atoms with van der Waals surface area (Å²) in [6, 6.07) is 48.3. The highest BCUT2D eigenvalue weighted by molar-refractivity contribution is 7.87. The maximum absolute atomic E-state index is 15.4. The molecule has 0 aliphatic heterocycles. The molecular weight excluding hydrogens is 737 g/mol. The molecule has 0 saturated heterocycles. The van der Waals surface area contributed by atoms with Gasteiger partial charge < -0.3 is 8.74 Å². The smallest absolute Gasteiger partial charge is 0.340 e. The van der Waals surface area contributed by atoms with Gasteiger partial charge in [0.05, 0.1) is 4.90 Å². The van der Waals surface area contributed by atoms with Crippen molar-refractivity contribution in [3.05, 3.63) is 163 Å². The Kier molecular flexibility index (Phi) is 9.20. The molecule has 8 heteroatoms. The lowest BCUT2D eigenvalue weighted by molar-refractivity contribution is 0.460. The molecule has 0 fully saturated rings. The zero-order chi connectivity index (χ0) is 38.4. The van der Waals surface area contributed by atoms with Crippen LogP contribution < -0.4 is 4.18 Å². The molecule has 0 spiro atoms. The number of rotatable bonds is 7. The van der Waals surface area contributed by atoms with Crippen LogP contribution in [-0.2, 0) is 33.1 Å². The van der Waals surface area contributed by atoms with Crippen molar-refractivity contribution in [2.75, 3.05) is 0 Å². The van der Waals surface area contributed by atoms with Crippen molar-refractivity contribution in [3.63, 3.8) is 0 Å². The lowest BCUT2D eigenvalue weighted by Gasteiger charge is -2.24. The fourth-order valence-electron chi connectivity index (χ4n) is 8.48. The first-order valence-corrected chi connectivity index (χ1v) is 21.7. The van der Waals surface area contributed by atoms with Crippen LogP contribution in [0, 0.1) is 0 Å². The van der Waals surface area contributed by atoms with Crippen molar-refractivity contribution in [1.29, 1.82) is 0 Å². The summed E-state index contributed by atoms with van der Waals surface area (Å²) in [4.78, 5) is -0.319. The summed E-state index contributed by atoms with van der Waals surface area (Å²) in [6.45, 7) is 0. The van der Waals surface area contributed by atoms with Crippen molar-refractivity contribution in [3.8, 4) is 39.1 Å². The average molecular weight is 774 g/mol. The molecule has 0 N–H and O–H groups in total. The number of hydrogen-bond donors (Lipinski definition) is 0. The van der Waals surface area contributed by atoms with Gasteiger partial charge in [-0.2, -0.15) is 8.42 Å². The molecule has 1 aliphatic carbocycles. The maximum Gasteiger partial charge on any atom is 0.340 e. The largest absolute Gasteiger partial charge is 0.744 e. The van der Waals surface area contributed by atoms with E-state index in [1.807, 2.05) is 115 Å². The van der Waals surface area contributed by atoms with E-state index in [4.69, 9.17) is 4.18 Å². The van der Waals surface area contributed by atoms with Crippen molar-refractivity contribution >= 4 is 52.6 Å². The van der Waals surface area contributed by atoms with E-state index in [0.717, 1.165) is 67.4 Å². The summed E-state index contributed by atoms with van der Waals surface area (Å²) in [5.74, 6) is 0.0418. The van der Waals surface area contributed by atoms with E-state index >= 15 is 8.42 Å². The van der Waals surface area contributed by atoms with Gasteiger partial charge in [-0.05, 0) is 110 Å². The summed E-state index contributed by atoms with van der Waals surface area (Å²) in [6.07, 6.45) is 3.88. The Morgan fingerprint density at radius 1 is 0.446 bits per heavy atom. The molecule has 0 bridgehead atoms. The van der Waals surface area contributed by atoms with Crippen molar-refractivity contribution in [2.24, 2.45) is 0 Å². The highest BCUT2D eigenvalue weighted by atomic mass is 32.2. The highest BCUT2D eigenvalue weighted by Gasteiger charge is 2.31. The minimum atomic E-state index is -4.81. The number of benzene rings is 8. The van der Waals surface area contributed by atoms with E-state index in [0.29, 0.717) is 47.9 Å². The summed E-state index contributed by atoms with van der Waals surface area (Å²) >= 11 is 0. The quantitative estimate of drug-likeness (QED) is 0.118. The summed E-state index contributed by atoms with van der Waals surface area (Å²) in [7, 11) is -9.49. The minimum absolute atomic E-state index is 0.00527. The summed E-state index contributed by atoms with van der Waals surface area (Å²) in [5, 5.41) is 5.74. The molecule has 0 atom stereocenters. The molecule has 6 nitrogen and oxygen atoms in total. The maximum atomic E-state index is 15.4. The molecule has 0 amide bonds. The lowest BCUT2D eigenvalue weighted by atomic mass is 9.88. The van der Waals surface area contributed by atoms with Crippen LogP contribution in [-0.4, -0.2) is 21.4 Å². The summed E-state index contributed by atoms with van der Waals surface area (Å²) < 4.78 is 74.5. The molecule has 8 aromatic carbocycles. The van der Waals surface area contributed by atoms with E-state index in [-0.39, 0.29) is 15.5 Å². The first kappa shape index (κ1) is 35.9. The molecule has 0 saturated carbocycles. The molecule has 0 radical (unpaired) electrons. The second-order valence-corrected chi connectivity index (χ2v) is 17.2. The molecule has 0 unspecified atom stereocenters. The molecule has 0 heterocycles. The van der Waals surface area contributed by atoms with Crippen LogP contribution in [0.15, 0.2) is 161 Å². The Balaban J connectivity index is 1.38. The van der Waals surface area contributed by atoms with E-state index in [1.165, 1.54) is 12.1 Å². The van der Waals surface area contributed by atoms with Gasteiger partial charge in [-0.25, -0.2) is 8.42 Å². The first-order valence-electron chi connectivity index (χ1n) is 18.8. The molecule has 9 rings (SSSR count). The Bertz CT molecular complexity index is 2940. The average Bonchev–Trinajstić information content (AvgIpc) is 3.19. The topological polar surface area (TPSA) is 101 Å². The van der Waals surface area contributed by atoms with Crippen LogP contribution in [0.25, 0.3) is 65.7 Å². The van der Waals surface area contributed by atoms with Crippen molar-refractivity contribution in [1.82, 2.24) is 0 Å². The van der Waals surface area contributed by atoms with Crippen LogP contribution in [0.3, 0.4) is 0 Å². The van der Waals surface area contributed by atoms with Crippen molar-refractivity contribution < 1.29 is 25.6 Å².